The first-order chi connectivity index (χ1) is 10.1. The number of anilines is 1. The molecule has 1 fully saturated rings. The molecule has 5 nitrogen and oxygen atoms in total. The number of ether oxygens (including phenoxy) is 1. The van der Waals surface area contributed by atoms with Crippen LogP contribution in [0, 0.1) is 5.41 Å². The van der Waals surface area contributed by atoms with Gasteiger partial charge in [-0.1, -0.05) is 12.1 Å². The summed E-state index contributed by atoms with van der Waals surface area (Å²) >= 11 is 0. The zero-order valence-electron chi connectivity index (χ0n) is 12.4. The van der Waals surface area contributed by atoms with Gasteiger partial charge in [-0.05, 0) is 32.4 Å². The fraction of sp³-hybridized carbons (Fsp3) is 0.438. The van der Waals surface area contributed by atoms with Gasteiger partial charge in [0, 0.05) is 18.5 Å². The van der Waals surface area contributed by atoms with Gasteiger partial charge in [-0.25, -0.2) is 9.97 Å². The molecule has 0 spiro atoms. The minimum Gasteiger partial charge on any atom is -0.466 e. The summed E-state index contributed by atoms with van der Waals surface area (Å²) in [6.45, 7) is 5.66. The van der Waals surface area contributed by atoms with Crippen LogP contribution in [0.1, 0.15) is 20.3 Å². The SMILES string of the molecule is CCOC(=O)C1(C)CCN(c2ncnc3ccccc23)C1. The molecular formula is C16H19N3O2. The number of para-hydroxylation sites is 1. The van der Waals surface area contributed by atoms with E-state index in [1.165, 1.54) is 0 Å². The fourth-order valence-electron chi connectivity index (χ4n) is 2.86. The fourth-order valence-corrected chi connectivity index (χ4v) is 2.86. The molecule has 1 unspecified atom stereocenters. The van der Waals surface area contributed by atoms with E-state index in [-0.39, 0.29) is 5.97 Å². The first-order valence-electron chi connectivity index (χ1n) is 7.26. The van der Waals surface area contributed by atoms with Crippen molar-refractivity contribution >= 4 is 22.7 Å². The van der Waals surface area contributed by atoms with E-state index in [2.05, 4.69) is 14.9 Å². The van der Waals surface area contributed by atoms with E-state index < -0.39 is 5.41 Å². The molecule has 0 N–H and O–H groups in total. The second-order valence-electron chi connectivity index (χ2n) is 5.67. The van der Waals surface area contributed by atoms with Crippen LogP contribution in [0.3, 0.4) is 0 Å². The van der Waals surface area contributed by atoms with Gasteiger partial charge in [-0.3, -0.25) is 4.79 Å². The second-order valence-corrected chi connectivity index (χ2v) is 5.67. The lowest BCUT2D eigenvalue weighted by Gasteiger charge is -2.23. The van der Waals surface area contributed by atoms with Gasteiger partial charge in [-0.15, -0.1) is 0 Å². The third-order valence-corrected chi connectivity index (χ3v) is 4.06. The number of fused-ring (bicyclic) bond motifs is 1. The molecular weight excluding hydrogens is 266 g/mol. The Bertz CT molecular complexity index is 668. The molecule has 110 valence electrons. The van der Waals surface area contributed by atoms with Gasteiger partial charge in [0.1, 0.15) is 12.1 Å². The number of hydrogen-bond donors (Lipinski definition) is 0. The van der Waals surface area contributed by atoms with E-state index in [1.807, 2.05) is 38.1 Å². The minimum atomic E-state index is -0.456. The zero-order chi connectivity index (χ0) is 14.9. The Morgan fingerprint density at radius 2 is 2.19 bits per heavy atom. The summed E-state index contributed by atoms with van der Waals surface area (Å²) in [5.74, 6) is 0.777. The van der Waals surface area contributed by atoms with Crippen molar-refractivity contribution in [2.75, 3.05) is 24.6 Å². The summed E-state index contributed by atoms with van der Waals surface area (Å²) in [5, 5.41) is 1.02. The largest absolute Gasteiger partial charge is 0.466 e. The molecule has 1 aliphatic rings. The molecule has 0 amide bonds. The third kappa shape index (κ3) is 2.44. The third-order valence-electron chi connectivity index (χ3n) is 4.06. The highest BCUT2D eigenvalue weighted by Gasteiger charge is 2.42. The molecule has 2 heterocycles. The standard InChI is InChI=1S/C16H19N3O2/c1-3-21-15(20)16(2)8-9-19(10-16)14-12-6-4-5-7-13(12)17-11-18-14/h4-7,11H,3,8-10H2,1-2H3. The average Bonchev–Trinajstić information content (AvgIpc) is 2.91. The number of aromatic nitrogens is 2. The summed E-state index contributed by atoms with van der Waals surface area (Å²) in [4.78, 5) is 23.0. The molecule has 1 aromatic carbocycles. The van der Waals surface area contributed by atoms with E-state index in [9.17, 15) is 4.79 Å². The van der Waals surface area contributed by atoms with Gasteiger partial charge in [0.05, 0.1) is 17.5 Å². The Hall–Kier alpha value is -2.17. The second kappa shape index (κ2) is 5.31. The highest BCUT2D eigenvalue weighted by molar-refractivity contribution is 5.90. The summed E-state index contributed by atoms with van der Waals surface area (Å²) in [6, 6.07) is 7.94. The first-order valence-corrected chi connectivity index (χ1v) is 7.26. The van der Waals surface area contributed by atoms with Crippen molar-refractivity contribution in [3.8, 4) is 0 Å². The molecule has 1 atom stereocenters. The maximum Gasteiger partial charge on any atom is 0.313 e. The van der Waals surface area contributed by atoms with E-state index in [0.29, 0.717) is 13.2 Å². The first kappa shape index (κ1) is 13.8. The number of esters is 1. The predicted octanol–water partition coefficient (Wildman–Crippen LogP) is 2.41. The molecule has 1 aromatic heterocycles. The van der Waals surface area contributed by atoms with Gasteiger partial charge in [0.2, 0.25) is 0 Å². The maximum absolute atomic E-state index is 12.1. The normalized spacial score (nSPS) is 21.7. The van der Waals surface area contributed by atoms with Crippen molar-refractivity contribution in [1.29, 1.82) is 0 Å². The van der Waals surface area contributed by atoms with Gasteiger partial charge in [-0.2, -0.15) is 0 Å². The lowest BCUT2D eigenvalue weighted by atomic mass is 9.90. The molecule has 0 radical (unpaired) electrons. The molecule has 5 heteroatoms. The predicted molar refractivity (Wildman–Crippen MR) is 81.1 cm³/mol. The van der Waals surface area contributed by atoms with E-state index >= 15 is 0 Å². The van der Waals surface area contributed by atoms with Gasteiger partial charge in [0.15, 0.2) is 0 Å². The highest BCUT2D eigenvalue weighted by atomic mass is 16.5. The van der Waals surface area contributed by atoms with Crippen molar-refractivity contribution in [3.63, 3.8) is 0 Å². The van der Waals surface area contributed by atoms with Crippen LogP contribution in [0.2, 0.25) is 0 Å². The average molecular weight is 285 g/mol. The Labute approximate surface area is 124 Å². The Morgan fingerprint density at radius 3 is 3.00 bits per heavy atom. The highest BCUT2D eigenvalue weighted by Crippen LogP contribution is 2.35. The van der Waals surface area contributed by atoms with Crippen LogP contribution in [0.5, 0.6) is 0 Å². The smallest absolute Gasteiger partial charge is 0.313 e. The van der Waals surface area contributed by atoms with E-state index in [0.717, 1.165) is 29.7 Å². The van der Waals surface area contributed by atoms with Gasteiger partial charge < -0.3 is 9.64 Å². The lowest BCUT2D eigenvalue weighted by Crippen LogP contribution is -2.33. The quantitative estimate of drug-likeness (QED) is 0.811. The molecule has 21 heavy (non-hydrogen) atoms. The topological polar surface area (TPSA) is 55.3 Å². The van der Waals surface area contributed by atoms with Crippen LogP contribution >= 0.6 is 0 Å². The van der Waals surface area contributed by atoms with Crippen molar-refractivity contribution in [1.82, 2.24) is 9.97 Å². The number of carbonyl (C=O) groups excluding carboxylic acids is 1. The van der Waals surface area contributed by atoms with E-state index in [1.54, 1.807) is 6.33 Å². The summed E-state index contributed by atoms with van der Waals surface area (Å²) in [7, 11) is 0. The van der Waals surface area contributed by atoms with Crippen LogP contribution < -0.4 is 4.90 Å². The minimum absolute atomic E-state index is 0.120. The van der Waals surface area contributed by atoms with Crippen molar-refractivity contribution in [3.05, 3.63) is 30.6 Å². The number of carbonyl (C=O) groups is 1. The molecule has 0 saturated carbocycles. The van der Waals surface area contributed by atoms with Crippen LogP contribution in [0.25, 0.3) is 10.9 Å². The van der Waals surface area contributed by atoms with E-state index in [4.69, 9.17) is 4.74 Å². The molecule has 0 aliphatic carbocycles. The number of rotatable bonds is 3. The zero-order valence-corrected chi connectivity index (χ0v) is 12.4. The monoisotopic (exact) mass is 285 g/mol. The number of benzene rings is 1. The molecule has 1 saturated heterocycles. The number of hydrogen-bond acceptors (Lipinski definition) is 5. The van der Waals surface area contributed by atoms with Crippen LogP contribution in [-0.2, 0) is 9.53 Å². The summed E-state index contributed by atoms with van der Waals surface area (Å²) in [5.41, 5.74) is 0.467. The van der Waals surface area contributed by atoms with Gasteiger partial charge >= 0.3 is 5.97 Å². The lowest BCUT2D eigenvalue weighted by molar-refractivity contribution is -0.153. The Balaban J connectivity index is 1.90. The summed E-state index contributed by atoms with van der Waals surface area (Å²) < 4.78 is 5.20. The molecule has 2 aromatic rings. The molecule has 3 rings (SSSR count). The van der Waals surface area contributed by atoms with Crippen LogP contribution in [0.4, 0.5) is 5.82 Å². The van der Waals surface area contributed by atoms with Crippen molar-refractivity contribution in [2.24, 2.45) is 5.41 Å². The maximum atomic E-state index is 12.1. The Morgan fingerprint density at radius 1 is 1.38 bits per heavy atom. The van der Waals surface area contributed by atoms with Crippen molar-refractivity contribution < 1.29 is 9.53 Å². The molecule has 0 bridgehead atoms. The molecule has 1 aliphatic heterocycles. The van der Waals surface area contributed by atoms with Crippen molar-refractivity contribution in [2.45, 2.75) is 20.3 Å². The number of nitrogens with zero attached hydrogens (tertiary/aromatic N) is 3. The summed E-state index contributed by atoms with van der Waals surface area (Å²) in [6.07, 6.45) is 2.36. The van der Waals surface area contributed by atoms with Crippen LogP contribution in [-0.4, -0.2) is 35.6 Å². The van der Waals surface area contributed by atoms with Crippen LogP contribution in [0.15, 0.2) is 30.6 Å². The van der Waals surface area contributed by atoms with Gasteiger partial charge in [0.25, 0.3) is 0 Å². The Kier molecular flexibility index (Phi) is 3.49.